The molecule has 0 aliphatic heterocycles. The molecule has 0 aliphatic rings. The summed E-state index contributed by atoms with van der Waals surface area (Å²) in [6.07, 6.45) is 5.73. The molecule has 0 heterocycles. The lowest BCUT2D eigenvalue weighted by Gasteiger charge is -2.28. The van der Waals surface area contributed by atoms with Gasteiger partial charge in [0.05, 0.1) is 13.2 Å². The van der Waals surface area contributed by atoms with E-state index in [9.17, 15) is 18.4 Å². The fraction of sp³-hybridized carbons (Fsp3) is 0.600. The molecule has 0 radical (unpaired) electrons. The van der Waals surface area contributed by atoms with Gasteiger partial charge in [-0.25, -0.2) is 18.4 Å². The van der Waals surface area contributed by atoms with E-state index < -0.39 is 32.5 Å². The Bertz CT molecular complexity index is 794. The lowest BCUT2D eigenvalue weighted by Crippen LogP contribution is -2.46. The van der Waals surface area contributed by atoms with E-state index in [1.807, 2.05) is 20.8 Å². The molecule has 0 aliphatic carbocycles. The zero-order chi connectivity index (χ0) is 26.7. The van der Waals surface area contributed by atoms with Gasteiger partial charge < -0.3 is 28.1 Å². The summed E-state index contributed by atoms with van der Waals surface area (Å²) in [4.78, 5) is 23.5. The molecule has 36 heavy (non-hydrogen) atoms. The number of amides is 1. The Balaban J connectivity index is 2.08. The van der Waals surface area contributed by atoms with Crippen molar-refractivity contribution in [1.82, 2.24) is 5.32 Å². The third kappa shape index (κ3) is 13.7. The van der Waals surface area contributed by atoms with Crippen LogP contribution in [0.4, 0.5) is 13.6 Å². The number of carbonyl (C=O) groups excluding carboxylic acids is 2. The highest BCUT2D eigenvalue weighted by Crippen LogP contribution is 2.17. The minimum Gasteiger partial charge on any atom is -0.463 e. The van der Waals surface area contributed by atoms with E-state index in [-0.39, 0.29) is 6.61 Å². The third-order valence-electron chi connectivity index (χ3n) is 4.89. The third-order valence-corrected chi connectivity index (χ3v) is 8.04. The molecule has 0 aromatic heterocycles. The molecular formula is C25H39F2NO7Si. The quantitative estimate of drug-likeness (QED) is 0.113. The first-order valence-corrected chi connectivity index (χ1v) is 14.4. The van der Waals surface area contributed by atoms with Gasteiger partial charge >= 0.3 is 20.9 Å². The van der Waals surface area contributed by atoms with Crippen molar-refractivity contribution in [3.05, 3.63) is 41.5 Å². The van der Waals surface area contributed by atoms with E-state index >= 15 is 0 Å². The number of rotatable bonds is 19. The maximum absolute atomic E-state index is 13.1. The second kappa shape index (κ2) is 18.9. The molecule has 204 valence electrons. The van der Waals surface area contributed by atoms with Crippen molar-refractivity contribution >= 4 is 26.9 Å². The molecule has 0 unspecified atom stereocenters. The minimum absolute atomic E-state index is 0.248. The molecule has 8 nitrogen and oxygen atoms in total. The Morgan fingerprint density at radius 1 is 0.861 bits per heavy atom. The predicted molar refractivity (Wildman–Crippen MR) is 134 cm³/mol. The molecule has 11 heteroatoms. The van der Waals surface area contributed by atoms with Gasteiger partial charge in [0.15, 0.2) is 11.6 Å². The van der Waals surface area contributed by atoms with Gasteiger partial charge in [0.25, 0.3) is 0 Å². The molecule has 1 N–H and O–H groups in total. The molecule has 0 spiro atoms. The van der Waals surface area contributed by atoms with Gasteiger partial charge in [-0.15, -0.1) is 0 Å². The van der Waals surface area contributed by atoms with Gasteiger partial charge in [-0.1, -0.05) is 6.07 Å². The van der Waals surface area contributed by atoms with Crippen LogP contribution in [0, 0.1) is 11.6 Å². The van der Waals surface area contributed by atoms with Gasteiger partial charge in [0.2, 0.25) is 0 Å². The summed E-state index contributed by atoms with van der Waals surface area (Å²) in [6, 6.07) is 3.98. The highest BCUT2D eigenvalue weighted by atomic mass is 28.4. The van der Waals surface area contributed by atoms with Crippen LogP contribution in [0.1, 0.15) is 58.4 Å². The van der Waals surface area contributed by atoms with Crippen LogP contribution >= 0.6 is 0 Å². The number of halogens is 2. The molecule has 0 atom stereocenters. The largest absolute Gasteiger partial charge is 0.500 e. The number of hydrogen-bond donors (Lipinski definition) is 1. The number of benzene rings is 1. The Morgan fingerprint density at radius 3 is 2.06 bits per heavy atom. The first kappa shape index (κ1) is 31.7. The maximum Gasteiger partial charge on any atom is 0.500 e. The molecule has 0 saturated heterocycles. The second-order valence-corrected chi connectivity index (χ2v) is 10.5. The van der Waals surface area contributed by atoms with Gasteiger partial charge in [0, 0.05) is 38.5 Å². The maximum atomic E-state index is 13.1. The number of nitrogens with one attached hydrogen (secondary N) is 1. The molecule has 1 rings (SSSR count). The standard InChI is InChI=1S/C25H39F2NO7Si/c1-4-33-36(34-5-2,35-6-3)19-11-16-28-25(30)32-18-10-8-7-9-17-31-24(29)15-13-21-12-14-22(26)23(27)20-21/h12-15,20H,4-11,16-19H2,1-3H3,(H,28,30)/b15-13+. The first-order chi connectivity index (χ1) is 17.4. The lowest BCUT2D eigenvalue weighted by atomic mass is 10.2. The first-order valence-electron chi connectivity index (χ1n) is 12.5. The Morgan fingerprint density at radius 2 is 1.47 bits per heavy atom. The number of alkyl carbamates (subject to hydrolysis) is 1. The SMILES string of the molecule is CCO[Si](CCCNC(=O)OCCCCCCOC(=O)/C=C/c1ccc(F)c(F)c1)(OCC)OCC. The topological polar surface area (TPSA) is 92.3 Å². The second-order valence-electron chi connectivity index (χ2n) is 7.74. The summed E-state index contributed by atoms with van der Waals surface area (Å²) < 4.78 is 53.6. The van der Waals surface area contributed by atoms with E-state index in [4.69, 9.17) is 22.8 Å². The van der Waals surface area contributed by atoms with Crippen molar-refractivity contribution in [2.75, 3.05) is 39.6 Å². The van der Waals surface area contributed by atoms with E-state index in [1.54, 1.807) is 0 Å². The molecule has 1 aromatic rings. The smallest absolute Gasteiger partial charge is 0.463 e. The summed E-state index contributed by atoms with van der Waals surface area (Å²) in [5, 5.41) is 2.73. The molecule has 1 aromatic carbocycles. The van der Waals surface area contributed by atoms with Crippen LogP contribution in [0.25, 0.3) is 6.08 Å². The fourth-order valence-electron chi connectivity index (χ4n) is 3.27. The lowest BCUT2D eigenvalue weighted by molar-refractivity contribution is -0.137. The normalized spacial score (nSPS) is 11.6. The summed E-state index contributed by atoms with van der Waals surface area (Å²) in [5.74, 6) is -2.47. The Labute approximate surface area is 213 Å². The van der Waals surface area contributed by atoms with Crippen LogP contribution in [0.5, 0.6) is 0 Å². The number of esters is 1. The average molecular weight is 532 g/mol. The summed E-state index contributed by atoms with van der Waals surface area (Å²) >= 11 is 0. The predicted octanol–water partition coefficient (Wildman–Crippen LogP) is 5.25. The minimum atomic E-state index is -2.70. The van der Waals surface area contributed by atoms with Crippen molar-refractivity contribution in [3.8, 4) is 0 Å². The number of carbonyl (C=O) groups is 2. The van der Waals surface area contributed by atoms with Crippen LogP contribution in [-0.4, -0.2) is 60.4 Å². The van der Waals surface area contributed by atoms with E-state index in [2.05, 4.69) is 5.32 Å². The van der Waals surface area contributed by atoms with Crippen molar-refractivity contribution in [1.29, 1.82) is 0 Å². The van der Waals surface area contributed by atoms with Gasteiger partial charge in [-0.2, -0.15) is 0 Å². The molecule has 0 saturated carbocycles. The number of unbranched alkanes of at least 4 members (excludes halogenated alkanes) is 3. The van der Waals surface area contributed by atoms with Crippen LogP contribution in [0.15, 0.2) is 24.3 Å². The molecule has 1 amide bonds. The highest BCUT2D eigenvalue weighted by molar-refractivity contribution is 6.60. The summed E-state index contributed by atoms with van der Waals surface area (Å²) in [5.41, 5.74) is 0.367. The zero-order valence-electron chi connectivity index (χ0n) is 21.5. The van der Waals surface area contributed by atoms with E-state index in [0.29, 0.717) is 63.8 Å². The van der Waals surface area contributed by atoms with Gasteiger partial charge in [-0.3, -0.25) is 0 Å². The highest BCUT2D eigenvalue weighted by Gasteiger charge is 2.39. The Kier molecular flexibility index (Phi) is 16.6. The van der Waals surface area contributed by atoms with Crippen molar-refractivity contribution in [2.24, 2.45) is 0 Å². The van der Waals surface area contributed by atoms with E-state index in [0.717, 1.165) is 25.0 Å². The zero-order valence-corrected chi connectivity index (χ0v) is 22.5. The number of ether oxygens (including phenoxy) is 2. The van der Waals surface area contributed by atoms with Crippen LogP contribution in [0.3, 0.4) is 0 Å². The molecule has 0 fully saturated rings. The monoisotopic (exact) mass is 531 g/mol. The van der Waals surface area contributed by atoms with Gasteiger partial charge in [0.1, 0.15) is 0 Å². The molecule has 0 bridgehead atoms. The van der Waals surface area contributed by atoms with Crippen molar-refractivity contribution < 1.29 is 41.1 Å². The van der Waals surface area contributed by atoms with Crippen molar-refractivity contribution in [2.45, 2.75) is 58.9 Å². The van der Waals surface area contributed by atoms with Gasteiger partial charge in [-0.05, 0) is 76.6 Å². The van der Waals surface area contributed by atoms with E-state index in [1.165, 1.54) is 18.2 Å². The van der Waals surface area contributed by atoms with Crippen LogP contribution in [0.2, 0.25) is 6.04 Å². The Hall–Kier alpha value is -2.34. The molecular weight excluding hydrogens is 492 g/mol. The fourth-order valence-corrected chi connectivity index (χ4v) is 5.88. The van der Waals surface area contributed by atoms with Crippen molar-refractivity contribution in [3.63, 3.8) is 0 Å². The average Bonchev–Trinajstić information content (AvgIpc) is 2.84. The van der Waals surface area contributed by atoms with Crippen LogP contribution in [-0.2, 0) is 27.5 Å². The number of hydrogen-bond acceptors (Lipinski definition) is 7. The summed E-state index contributed by atoms with van der Waals surface area (Å²) in [6.45, 7) is 8.25. The van der Waals surface area contributed by atoms with Crippen LogP contribution < -0.4 is 5.32 Å². The summed E-state index contributed by atoms with van der Waals surface area (Å²) in [7, 11) is -2.70.